The molecule has 11 nitrogen and oxygen atoms in total. The molecule has 0 aliphatic carbocycles. The van der Waals surface area contributed by atoms with Gasteiger partial charge in [0.1, 0.15) is 0 Å². The molecule has 0 aromatic heterocycles. The summed E-state index contributed by atoms with van der Waals surface area (Å²) in [7, 11) is 0.903. The highest BCUT2D eigenvalue weighted by Crippen LogP contribution is 2.40. The minimum Gasteiger partial charge on any atom is -0.493 e. The zero-order valence-electron chi connectivity index (χ0n) is 22.8. The van der Waals surface area contributed by atoms with E-state index in [1.807, 2.05) is 4.90 Å². The number of likely N-dealkylation sites (N-methyl/N-ethyl adjacent to an activating group) is 1. The van der Waals surface area contributed by atoms with Crippen molar-refractivity contribution in [1.29, 1.82) is 0 Å². The van der Waals surface area contributed by atoms with Gasteiger partial charge in [0.25, 0.3) is 0 Å². The van der Waals surface area contributed by atoms with E-state index in [1.54, 1.807) is 44.3 Å². The third kappa shape index (κ3) is 5.90. The van der Waals surface area contributed by atoms with E-state index >= 15 is 0 Å². The van der Waals surface area contributed by atoms with Crippen molar-refractivity contribution in [2.45, 2.75) is 17.9 Å². The van der Waals surface area contributed by atoms with E-state index in [9.17, 15) is 18.0 Å². The van der Waals surface area contributed by atoms with E-state index < -0.39 is 28.1 Å². The van der Waals surface area contributed by atoms with Crippen molar-refractivity contribution in [3.05, 3.63) is 64.3 Å². The average molecular weight is 593 g/mol. The van der Waals surface area contributed by atoms with Crippen LogP contribution in [0.2, 0.25) is 5.02 Å². The first-order valence-electron chi connectivity index (χ1n) is 12.8. The molecule has 1 atom stereocenters. The number of para-hydroxylation sites is 1. The Kier molecular flexibility index (Phi) is 9.24. The van der Waals surface area contributed by atoms with Crippen LogP contribution in [0.1, 0.15) is 18.5 Å². The first-order chi connectivity index (χ1) is 19.1. The number of nitrogens with one attached hydrogen (secondary N) is 1. The number of ether oxygens (including phenoxy) is 3. The second-order valence-corrected chi connectivity index (χ2v) is 11.6. The van der Waals surface area contributed by atoms with Gasteiger partial charge in [-0.15, -0.1) is 0 Å². The molecule has 1 unspecified atom stereocenters. The molecule has 0 radical (unpaired) electrons. The van der Waals surface area contributed by atoms with Gasteiger partial charge in [-0.2, -0.15) is 4.31 Å². The van der Waals surface area contributed by atoms with Crippen molar-refractivity contribution in [3.63, 3.8) is 0 Å². The number of halogens is 1. The predicted octanol–water partition coefficient (Wildman–Crippen LogP) is 2.88. The number of methoxy groups -OCH3 is 2. The number of carbonyl (C=O) groups excluding carboxylic acids is 2. The van der Waals surface area contributed by atoms with Crippen LogP contribution in [-0.2, 0) is 19.6 Å². The highest BCUT2D eigenvalue weighted by Gasteiger charge is 2.39. The molecule has 1 fully saturated rings. The summed E-state index contributed by atoms with van der Waals surface area (Å²) in [5.41, 5.74) is 1.28. The minimum atomic E-state index is -3.68. The molecule has 13 heteroatoms. The van der Waals surface area contributed by atoms with Gasteiger partial charge in [-0.05, 0) is 37.3 Å². The first kappa shape index (κ1) is 29.7. The summed E-state index contributed by atoms with van der Waals surface area (Å²) in [5, 5.41) is 3.35. The van der Waals surface area contributed by atoms with Gasteiger partial charge in [0, 0.05) is 56.1 Å². The van der Waals surface area contributed by atoms with Crippen LogP contribution < -0.4 is 14.8 Å². The molecule has 0 bridgehead atoms. The Morgan fingerprint density at radius 2 is 1.73 bits per heavy atom. The summed E-state index contributed by atoms with van der Waals surface area (Å²) in [4.78, 5) is 30.1. The molecule has 0 spiro atoms. The van der Waals surface area contributed by atoms with Crippen LogP contribution in [0, 0.1) is 0 Å². The Balaban J connectivity index is 1.64. The molecule has 2 amide bonds. The van der Waals surface area contributed by atoms with Crippen LogP contribution in [0.4, 0.5) is 4.79 Å². The molecule has 1 saturated heterocycles. The number of hydrogen-bond acceptors (Lipinski definition) is 8. The number of rotatable bonds is 9. The Labute approximate surface area is 239 Å². The zero-order chi connectivity index (χ0) is 29.0. The maximum Gasteiger partial charge on any atom is 0.338 e. The SMILES string of the molecule is CCOC(=O)C1=C(CN2CCN(S(=O)(=O)c3ccc(Cl)cc3)CC2)N(C)C(=O)NC1c1cccc(OC)c1OC. The Morgan fingerprint density at radius 3 is 2.33 bits per heavy atom. The van der Waals surface area contributed by atoms with Gasteiger partial charge in [0.2, 0.25) is 10.0 Å². The molecule has 2 aliphatic rings. The van der Waals surface area contributed by atoms with Crippen molar-refractivity contribution in [3.8, 4) is 11.5 Å². The maximum absolute atomic E-state index is 13.4. The smallest absolute Gasteiger partial charge is 0.338 e. The molecule has 4 rings (SSSR count). The molecule has 2 aromatic carbocycles. The lowest BCUT2D eigenvalue weighted by Crippen LogP contribution is -2.53. The van der Waals surface area contributed by atoms with E-state index in [1.165, 1.54) is 35.6 Å². The van der Waals surface area contributed by atoms with E-state index in [4.69, 9.17) is 25.8 Å². The lowest BCUT2D eigenvalue weighted by molar-refractivity contribution is -0.139. The summed E-state index contributed by atoms with van der Waals surface area (Å²) in [6.45, 7) is 3.38. The highest BCUT2D eigenvalue weighted by molar-refractivity contribution is 7.89. The quantitative estimate of drug-likeness (QED) is 0.442. The monoisotopic (exact) mass is 592 g/mol. The molecule has 1 N–H and O–H groups in total. The number of benzene rings is 2. The summed E-state index contributed by atoms with van der Waals surface area (Å²) in [6.07, 6.45) is 0. The maximum atomic E-state index is 13.4. The lowest BCUT2D eigenvalue weighted by atomic mass is 9.93. The van der Waals surface area contributed by atoms with Crippen molar-refractivity contribution >= 4 is 33.6 Å². The van der Waals surface area contributed by atoms with Crippen molar-refractivity contribution in [2.75, 3.05) is 60.6 Å². The minimum absolute atomic E-state index is 0.149. The van der Waals surface area contributed by atoms with Gasteiger partial charge in [0.05, 0.1) is 37.3 Å². The van der Waals surface area contributed by atoms with Gasteiger partial charge >= 0.3 is 12.0 Å². The van der Waals surface area contributed by atoms with Crippen LogP contribution in [0.25, 0.3) is 0 Å². The van der Waals surface area contributed by atoms with Crippen LogP contribution in [0.15, 0.2) is 58.6 Å². The van der Waals surface area contributed by atoms with Crippen molar-refractivity contribution in [1.82, 2.24) is 19.4 Å². The largest absolute Gasteiger partial charge is 0.493 e. The van der Waals surface area contributed by atoms with Crippen molar-refractivity contribution < 1.29 is 32.2 Å². The molecule has 40 heavy (non-hydrogen) atoms. The zero-order valence-corrected chi connectivity index (χ0v) is 24.4. The van der Waals surface area contributed by atoms with Gasteiger partial charge in [-0.3, -0.25) is 9.80 Å². The third-order valence-electron chi connectivity index (χ3n) is 6.97. The third-order valence-corrected chi connectivity index (χ3v) is 9.14. The summed E-state index contributed by atoms with van der Waals surface area (Å²) >= 11 is 5.92. The Morgan fingerprint density at radius 1 is 1.05 bits per heavy atom. The van der Waals surface area contributed by atoms with Gasteiger partial charge in [-0.1, -0.05) is 23.7 Å². The van der Waals surface area contributed by atoms with Crippen LogP contribution in [0.3, 0.4) is 0 Å². The highest BCUT2D eigenvalue weighted by atomic mass is 35.5. The standard InChI is InChI=1S/C27H33ClN4O7S/c1-5-39-26(33)23-21(30(2)27(34)29-24(23)20-7-6-8-22(37-3)25(20)38-4)17-31-13-15-32(16-14-31)40(35,36)19-11-9-18(28)10-12-19/h6-12,24H,5,13-17H2,1-4H3,(H,29,34). The Hall–Kier alpha value is -3.32. The average Bonchev–Trinajstić information content (AvgIpc) is 2.95. The van der Waals surface area contributed by atoms with E-state index in [0.29, 0.717) is 40.9 Å². The number of amides is 2. The van der Waals surface area contributed by atoms with E-state index in [-0.39, 0.29) is 36.7 Å². The molecule has 0 saturated carbocycles. The summed E-state index contributed by atoms with van der Waals surface area (Å²) in [6, 6.07) is 10.1. The Bertz CT molecular complexity index is 1390. The number of urea groups is 1. The molecular formula is C27H33ClN4O7S. The number of carbonyl (C=O) groups is 2. The topological polar surface area (TPSA) is 118 Å². The van der Waals surface area contributed by atoms with Crippen LogP contribution >= 0.6 is 11.6 Å². The number of sulfonamides is 1. The first-order valence-corrected chi connectivity index (χ1v) is 14.6. The van der Waals surface area contributed by atoms with Gasteiger partial charge in [0.15, 0.2) is 11.5 Å². The van der Waals surface area contributed by atoms with Crippen molar-refractivity contribution in [2.24, 2.45) is 0 Å². The number of piperazine rings is 1. The summed E-state index contributed by atoms with van der Waals surface area (Å²) in [5.74, 6) is 0.279. The number of esters is 1. The number of nitrogens with zero attached hydrogens (tertiary/aromatic N) is 3. The molecule has 2 aliphatic heterocycles. The van der Waals surface area contributed by atoms with E-state index in [0.717, 1.165) is 0 Å². The van der Waals surface area contributed by atoms with Gasteiger partial charge in [-0.25, -0.2) is 18.0 Å². The second kappa shape index (κ2) is 12.5. The molecular weight excluding hydrogens is 560 g/mol. The fraction of sp³-hybridized carbons (Fsp3) is 0.407. The number of hydrogen-bond donors (Lipinski definition) is 1. The van der Waals surface area contributed by atoms with Gasteiger partial charge < -0.3 is 19.5 Å². The normalized spacial score (nSPS) is 18.9. The van der Waals surface area contributed by atoms with Crippen LogP contribution in [-0.4, -0.2) is 95.1 Å². The molecule has 216 valence electrons. The summed E-state index contributed by atoms with van der Waals surface area (Å²) < 4.78 is 44.1. The fourth-order valence-electron chi connectivity index (χ4n) is 4.87. The predicted molar refractivity (Wildman–Crippen MR) is 149 cm³/mol. The fourth-order valence-corrected chi connectivity index (χ4v) is 6.41. The second-order valence-electron chi connectivity index (χ2n) is 9.24. The van der Waals surface area contributed by atoms with Crippen LogP contribution in [0.5, 0.6) is 11.5 Å². The lowest BCUT2D eigenvalue weighted by Gasteiger charge is -2.39. The van der Waals surface area contributed by atoms with E-state index in [2.05, 4.69) is 5.32 Å². The molecule has 2 aromatic rings. The molecule has 2 heterocycles.